The Morgan fingerprint density at radius 3 is 2.81 bits per heavy atom. The third-order valence-corrected chi connectivity index (χ3v) is 4.75. The fourth-order valence-electron chi connectivity index (χ4n) is 3.29. The second-order valence-corrected chi connectivity index (χ2v) is 6.91. The molecule has 27 heavy (non-hydrogen) atoms. The predicted octanol–water partition coefficient (Wildman–Crippen LogP) is 3.31. The van der Waals surface area contributed by atoms with E-state index in [1.54, 1.807) is 0 Å². The number of halogens is 1. The number of hydrogen-bond acceptors (Lipinski definition) is 3. The van der Waals surface area contributed by atoms with Crippen LogP contribution >= 0.6 is 24.0 Å². The van der Waals surface area contributed by atoms with E-state index in [0.717, 1.165) is 50.0 Å². The monoisotopic (exact) mass is 482 g/mol. The van der Waals surface area contributed by atoms with Crippen molar-refractivity contribution >= 4 is 29.9 Å². The maximum atomic E-state index is 4.73. The van der Waals surface area contributed by atoms with Crippen LogP contribution in [0.4, 0.5) is 0 Å². The fourth-order valence-corrected chi connectivity index (χ4v) is 3.29. The number of nitrogens with zero attached hydrogens (tertiary/aromatic N) is 4. The molecule has 0 saturated heterocycles. The van der Waals surface area contributed by atoms with Crippen LogP contribution in [0.25, 0.3) is 0 Å². The molecule has 2 aromatic rings. The van der Waals surface area contributed by atoms with Crippen LogP contribution in [0.2, 0.25) is 0 Å². The molecule has 1 aliphatic heterocycles. The number of benzene rings is 1. The summed E-state index contributed by atoms with van der Waals surface area (Å²) < 4.78 is 2.23. The quantitative estimate of drug-likeness (QED) is 0.361. The Balaban J connectivity index is 0.00000261. The molecule has 7 heteroatoms. The molecule has 0 radical (unpaired) electrons. The van der Waals surface area contributed by atoms with E-state index in [0.29, 0.717) is 12.6 Å². The molecule has 2 N–H and O–H groups in total. The van der Waals surface area contributed by atoms with Gasteiger partial charge in [0, 0.05) is 25.6 Å². The molecule has 0 aliphatic carbocycles. The summed E-state index contributed by atoms with van der Waals surface area (Å²) in [5.74, 6) is 2.92. The third kappa shape index (κ3) is 6.48. The fraction of sp³-hybridized carbons (Fsp3) is 0.550. The van der Waals surface area contributed by atoms with Crippen molar-refractivity contribution in [2.75, 3.05) is 6.54 Å². The van der Waals surface area contributed by atoms with Crippen LogP contribution in [-0.2, 0) is 25.9 Å². The molecule has 1 atom stereocenters. The van der Waals surface area contributed by atoms with Crippen molar-refractivity contribution in [1.29, 1.82) is 0 Å². The lowest BCUT2D eigenvalue weighted by Crippen LogP contribution is -2.42. The minimum atomic E-state index is 0. The van der Waals surface area contributed by atoms with Gasteiger partial charge in [-0.25, -0.2) is 4.99 Å². The molecule has 0 fully saturated rings. The largest absolute Gasteiger partial charge is 0.357 e. The standard InChI is InChI=1S/C20H30N6.HI/c1-3-21-20(23-16(2)12-13-17-9-5-4-6-10-17)22-15-19-25-24-18-11-7-8-14-26(18)19;/h4-6,9-10,16H,3,7-8,11-15H2,1-2H3,(H2,21,22,23);1H. The zero-order valence-electron chi connectivity index (χ0n) is 16.3. The lowest BCUT2D eigenvalue weighted by Gasteiger charge is -2.18. The highest BCUT2D eigenvalue weighted by Crippen LogP contribution is 2.14. The van der Waals surface area contributed by atoms with E-state index in [9.17, 15) is 0 Å². The molecule has 1 aliphatic rings. The SMILES string of the molecule is CCNC(=NCc1nnc2n1CCCC2)NC(C)CCc1ccccc1.I. The van der Waals surface area contributed by atoms with Crippen molar-refractivity contribution < 1.29 is 0 Å². The Morgan fingerprint density at radius 2 is 2.04 bits per heavy atom. The van der Waals surface area contributed by atoms with E-state index < -0.39 is 0 Å². The summed E-state index contributed by atoms with van der Waals surface area (Å²) in [5.41, 5.74) is 1.37. The molecule has 1 unspecified atom stereocenters. The maximum Gasteiger partial charge on any atom is 0.191 e. The number of fused-ring (bicyclic) bond motifs is 1. The van der Waals surface area contributed by atoms with Gasteiger partial charge in [0.15, 0.2) is 11.8 Å². The van der Waals surface area contributed by atoms with Crippen LogP contribution in [0, 0.1) is 0 Å². The van der Waals surface area contributed by atoms with E-state index in [-0.39, 0.29) is 24.0 Å². The number of rotatable bonds is 7. The van der Waals surface area contributed by atoms with Crippen molar-refractivity contribution in [3.05, 3.63) is 47.5 Å². The Bertz CT molecular complexity index is 713. The number of aromatic nitrogens is 3. The molecule has 0 saturated carbocycles. The van der Waals surface area contributed by atoms with Gasteiger partial charge in [0.25, 0.3) is 0 Å². The van der Waals surface area contributed by atoms with Crippen LogP contribution in [0.15, 0.2) is 35.3 Å². The van der Waals surface area contributed by atoms with Gasteiger partial charge in [0.1, 0.15) is 12.4 Å². The second-order valence-electron chi connectivity index (χ2n) is 6.91. The van der Waals surface area contributed by atoms with Gasteiger partial charge in [0.05, 0.1) is 0 Å². The van der Waals surface area contributed by atoms with Crippen LogP contribution in [0.5, 0.6) is 0 Å². The third-order valence-electron chi connectivity index (χ3n) is 4.75. The summed E-state index contributed by atoms with van der Waals surface area (Å²) in [6, 6.07) is 11.0. The van der Waals surface area contributed by atoms with Gasteiger partial charge in [-0.1, -0.05) is 30.3 Å². The molecule has 0 spiro atoms. The minimum Gasteiger partial charge on any atom is -0.357 e. The Hall–Kier alpha value is -1.64. The van der Waals surface area contributed by atoms with Gasteiger partial charge in [-0.2, -0.15) is 0 Å². The minimum absolute atomic E-state index is 0. The molecule has 3 rings (SSSR count). The summed E-state index contributed by atoms with van der Waals surface area (Å²) in [5, 5.41) is 15.5. The first-order valence-electron chi connectivity index (χ1n) is 9.76. The highest BCUT2D eigenvalue weighted by Gasteiger charge is 2.15. The van der Waals surface area contributed by atoms with E-state index in [1.165, 1.54) is 18.4 Å². The van der Waals surface area contributed by atoms with Crippen molar-refractivity contribution in [3.63, 3.8) is 0 Å². The lowest BCUT2D eigenvalue weighted by atomic mass is 10.1. The number of aryl methyl sites for hydroxylation is 2. The molecule has 148 valence electrons. The maximum absolute atomic E-state index is 4.73. The summed E-state index contributed by atoms with van der Waals surface area (Å²) in [6.45, 7) is 6.72. The average molecular weight is 482 g/mol. The van der Waals surface area contributed by atoms with Gasteiger partial charge in [-0.05, 0) is 45.1 Å². The molecule has 0 amide bonds. The molecular formula is C20H31IN6. The van der Waals surface area contributed by atoms with E-state index in [1.807, 2.05) is 0 Å². The van der Waals surface area contributed by atoms with Crippen molar-refractivity contribution in [1.82, 2.24) is 25.4 Å². The molecule has 0 bridgehead atoms. The smallest absolute Gasteiger partial charge is 0.191 e. The average Bonchev–Trinajstić information content (AvgIpc) is 3.09. The Morgan fingerprint density at radius 1 is 1.22 bits per heavy atom. The van der Waals surface area contributed by atoms with E-state index >= 15 is 0 Å². The highest BCUT2D eigenvalue weighted by molar-refractivity contribution is 14.0. The number of guanidine groups is 1. The van der Waals surface area contributed by atoms with Gasteiger partial charge in [-0.15, -0.1) is 34.2 Å². The van der Waals surface area contributed by atoms with Crippen molar-refractivity contribution in [2.45, 2.75) is 65.1 Å². The van der Waals surface area contributed by atoms with Gasteiger partial charge in [0.2, 0.25) is 0 Å². The summed E-state index contributed by atoms with van der Waals surface area (Å²) in [4.78, 5) is 4.73. The molecule has 2 heterocycles. The normalized spacial score (nSPS) is 14.8. The van der Waals surface area contributed by atoms with Crippen LogP contribution < -0.4 is 10.6 Å². The second kappa shape index (κ2) is 11.3. The number of nitrogens with one attached hydrogen (secondary N) is 2. The zero-order valence-corrected chi connectivity index (χ0v) is 18.6. The van der Waals surface area contributed by atoms with Gasteiger partial charge in [-0.3, -0.25) is 0 Å². The Labute approximate surface area is 179 Å². The number of aliphatic imine (C=N–C) groups is 1. The summed E-state index contributed by atoms with van der Waals surface area (Å²) in [7, 11) is 0. The van der Waals surface area contributed by atoms with Crippen LogP contribution in [0.1, 0.15) is 50.3 Å². The topological polar surface area (TPSA) is 67.1 Å². The first-order chi connectivity index (χ1) is 12.8. The first kappa shape index (κ1) is 21.7. The van der Waals surface area contributed by atoms with E-state index in [2.05, 4.69) is 69.6 Å². The molecule has 1 aromatic carbocycles. The summed E-state index contributed by atoms with van der Waals surface area (Å²) in [6.07, 6.45) is 5.58. The van der Waals surface area contributed by atoms with Gasteiger partial charge < -0.3 is 15.2 Å². The Kier molecular flexibility index (Phi) is 9.03. The molecule has 6 nitrogen and oxygen atoms in total. The molecular weight excluding hydrogens is 451 g/mol. The predicted molar refractivity (Wildman–Crippen MR) is 121 cm³/mol. The highest BCUT2D eigenvalue weighted by atomic mass is 127. The molecule has 1 aromatic heterocycles. The van der Waals surface area contributed by atoms with Crippen LogP contribution in [0.3, 0.4) is 0 Å². The van der Waals surface area contributed by atoms with Gasteiger partial charge >= 0.3 is 0 Å². The zero-order chi connectivity index (χ0) is 18.2. The number of hydrogen-bond donors (Lipinski definition) is 2. The lowest BCUT2D eigenvalue weighted by molar-refractivity contribution is 0.507. The summed E-state index contributed by atoms with van der Waals surface area (Å²) >= 11 is 0. The van der Waals surface area contributed by atoms with E-state index in [4.69, 9.17) is 4.99 Å². The van der Waals surface area contributed by atoms with Crippen molar-refractivity contribution in [2.24, 2.45) is 4.99 Å². The van der Waals surface area contributed by atoms with Crippen LogP contribution in [-0.4, -0.2) is 33.3 Å². The van der Waals surface area contributed by atoms with Crippen molar-refractivity contribution in [3.8, 4) is 0 Å². The first-order valence-corrected chi connectivity index (χ1v) is 9.76.